The highest BCUT2D eigenvalue weighted by Gasteiger charge is 2.27. The lowest BCUT2D eigenvalue weighted by Gasteiger charge is -2.29. The smallest absolute Gasteiger partial charge is 0.261 e. The number of methoxy groups -OCH3 is 3. The standard InChI is InChI=1S/C24H32N2O6/c1-16(2)25-24(28)17(3)26(14-18-8-7-9-19(10-18)29-4)23(27)15-32-22-12-20(30-5)11-21(13-22)31-6/h7-13,16-17H,14-15H2,1-6H3,(H,25,28)/t17-/m0/s1. The van der Waals surface area contributed by atoms with E-state index in [-0.39, 0.29) is 31.0 Å². The zero-order valence-corrected chi connectivity index (χ0v) is 19.5. The lowest BCUT2D eigenvalue weighted by atomic mass is 10.1. The van der Waals surface area contributed by atoms with E-state index in [9.17, 15) is 9.59 Å². The number of nitrogens with one attached hydrogen (secondary N) is 1. The Morgan fingerprint density at radius 2 is 1.47 bits per heavy atom. The maximum Gasteiger partial charge on any atom is 0.261 e. The van der Waals surface area contributed by atoms with E-state index in [1.807, 2.05) is 38.1 Å². The molecule has 0 aliphatic rings. The Morgan fingerprint density at radius 3 is 2.03 bits per heavy atom. The lowest BCUT2D eigenvalue weighted by molar-refractivity contribution is -0.142. The number of benzene rings is 2. The fourth-order valence-corrected chi connectivity index (χ4v) is 3.05. The third kappa shape index (κ3) is 7.08. The van der Waals surface area contributed by atoms with E-state index in [2.05, 4.69) is 5.32 Å². The molecule has 0 saturated carbocycles. The summed E-state index contributed by atoms with van der Waals surface area (Å²) in [6.45, 7) is 5.42. The molecule has 8 heteroatoms. The van der Waals surface area contributed by atoms with Gasteiger partial charge in [-0.15, -0.1) is 0 Å². The predicted molar refractivity (Wildman–Crippen MR) is 121 cm³/mol. The molecule has 8 nitrogen and oxygen atoms in total. The summed E-state index contributed by atoms with van der Waals surface area (Å²) in [7, 11) is 4.65. The molecule has 0 heterocycles. The number of nitrogens with zero attached hydrogens (tertiary/aromatic N) is 1. The van der Waals surface area contributed by atoms with Gasteiger partial charge in [-0.3, -0.25) is 9.59 Å². The number of rotatable bonds is 11. The second-order valence-corrected chi connectivity index (χ2v) is 7.55. The van der Waals surface area contributed by atoms with Crippen molar-refractivity contribution in [1.82, 2.24) is 10.2 Å². The van der Waals surface area contributed by atoms with Crippen LogP contribution in [0.2, 0.25) is 0 Å². The SMILES string of the molecule is COc1cccc(CN(C(=O)COc2cc(OC)cc(OC)c2)[C@@H](C)C(=O)NC(C)C)c1. The van der Waals surface area contributed by atoms with Crippen LogP contribution in [0.1, 0.15) is 26.3 Å². The van der Waals surface area contributed by atoms with Crippen LogP contribution in [-0.4, -0.2) is 56.7 Å². The molecule has 2 aromatic carbocycles. The van der Waals surface area contributed by atoms with Crippen molar-refractivity contribution in [2.75, 3.05) is 27.9 Å². The van der Waals surface area contributed by atoms with Crippen LogP contribution in [0.25, 0.3) is 0 Å². The molecule has 2 amide bonds. The topological polar surface area (TPSA) is 86.3 Å². The molecule has 32 heavy (non-hydrogen) atoms. The minimum atomic E-state index is -0.695. The maximum absolute atomic E-state index is 13.1. The van der Waals surface area contributed by atoms with Crippen molar-refractivity contribution < 1.29 is 28.5 Å². The van der Waals surface area contributed by atoms with Crippen LogP contribution >= 0.6 is 0 Å². The van der Waals surface area contributed by atoms with Gasteiger partial charge >= 0.3 is 0 Å². The van der Waals surface area contributed by atoms with Crippen molar-refractivity contribution in [3.05, 3.63) is 48.0 Å². The zero-order valence-electron chi connectivity index (χ0n) is 19.5. The van der Waals surface area contributed by atoms with Crippen molar-refractivity contribution in [3.63, 3.8) is 0 Å². The van der Waals surface area contributed by atoms with Gasteiger partial charge in [-0.1, -0.05) is 12.1 Å². The quantitative estimate of drug-likeness (QED) is 0.573. The molecule has 0 bridgehead atoms. The normalized spacial score (nSPS) is 11.5. The Hall–Kier alpha value is -3.42. The molecule has 0 unspecified atom stereocenters. The Balaban J connectivity index is 2.21. The third-order valence-electron chi connectivity index (χ3n) is 4.77. The van der Waals surface area contributed by atoms with Gasteiger partial charge in [0.25, 0.3) is 5.91 Å². The average Bonchev–Trinajstić information content (AvgIpc) is 2.79. The molecule has 174 valence electrons. The van der Waals surface area contributed by atoms with Crippen molar-refractivity contribution in [1.29, 1.82) is 0 Å². The molecule has 1 N–H and O–H groups in total. The Bertz CT molecular complexity index is 893. The van der Waals surface area contributed by atoms with E-state index in [0.717, 1.165) is 5.56 Å². The molecule has 2 aromatic rings. The number of hydrogen-bond donors (Lipinski definition) is 1. The van der Waals surface area contributed by atoms with Gasteiger partial charge in [-0.2, -0.15) is 0 Å². The summed E-state index contributed by atoms with van der Waals surface area (Å²) in [5.41, 5.74) is 0.838. The summed E-state index contributed by atoms with van der Waals surface area (Å²) in [6.07, 6.45) is 0. The number of amides is 2. The van der Waals surface area contributed by atoms with E-state index in [1.54, 1.807) is 32.2 Å². The fourth-order valence-electron chi connectivity index (χ4n) is 3.05. The van der Waals surface area contributed by atoms with Gasteiger partial charge in [0.05, 0.1) is 21.3 Å². The molecule has 1 atom stereocenters. The van der Waals surface area contributed by atoms with Gasteiger partial charge < -0.3 is 29.2 Å². The van der Waals surface area contributed by atoms with Crippen molar-refractivity contribution >= 4 is 11.8 Å². The highest BCUT2D eigenvalue weighted by Crippen LogP contribution is 2.27. The first-order valence-corrected chi connectivity index (χ1v) is 10.4. The number of carbonyl (C=O) groups is 2. The summed E-state index contributed by atoms with van der Waals surface area (Å²) in [5, 5.41) is 2.86. The third-order valence-corrected chi connectivity index (χ3v) is 4.77. The first-order chi connectivity index (χ1) is 15.3. The first kappa shape index (κ1) is 24.8. The number of hydrogen-bond acceptors (Lipinski definition) is 6. The summed E-state index contributed by atoms with van der Waals surface area (Å²) in [4.78, 5) is 27.3. The Morgan fingerprint density at radius 1 is 0.875 bits per heavy atom. The summed E-state index contributed by atoms with van der Waals surface area (Å²) in [5.74, 6) is 1.62. The van der Waals surface area contributed by atoms with Crippen LogP contribution in [0.15, 0.2) is 42.5 Å². The highest BCUT2D eigenvalue weighted by molar-refractivity contribution is 5.88. The van der Waals surface area contributed by atoms with E-state index >= 15 is 0 Å². The van der Waals surface area contributed by atoms with Crippen LogP contribution in [0.4, 0.5) is 0 Å². The van der Waals surface area contributed by atoms with Gasteiger partial charge in [0, 0.05) is 30.8 Å². The molecule has 0 saturated heterocycles. The van der Waals surface area contributed by atoms with Crippen molar-refractivity contribution in [2.45, 2.75) is 39.4 Å². The minimum absolute atomic E-state index is 0.0424. The average molecular weight is 445 g/mol. The molecular weight excluding hydrogens is 412 g/mol. The van der Waals surface area contributed by atoms with Crippen LogP contribution in [0.3, 0.4) is 0 Å². The van der Waals surface area contributed by atoms with E-state index < -0.39 is 6.04 Å². The van der Waals surface area contributed by atoms with Crippen molar-refractivity contribution in [2.24, 2.45) is 0 Å². The van der Waals surface area contributed by atoms with E-state index in [4.69, 9.17) is 18.9 Å². The fraction of sp³-hybridized carbons (Fsp3) is 0.417. The second-order valence-electron chi connectivity index (χ2n) is 7.55. The van der Waals surface area contributed by atoms with Crippen LogP contribution in [-0.2, 0) is 16.1 Å². The lowest BCUT2D eigenvalue weighted by Crippen LogP contribution is -2.50. The van der Waals surface area contributed by atoms with Gasteiger partial charge in [0.15, 0.2) is 6.61 Å². The first-order valence-electron chi connectivity index (χ1n) is 10.4. The van der Waals surface area contributed by atoms with Crippen molar-refractivity contribution in [3.8, 4) is 23.0 Å². The largest absolute Gasteiger partial charge is 0.497 e. The van der Waals surface area contributed by atoms with E-state index in [1.165, 1.54) is 19.1 Å². The molecule has 0 aliphatic heterocycles. The van der Waals surface area contributed by atoms with Crippen LogP contribution in [0.5, 0.6) is 23.0 Å². The monoisotopic (exact) mass is 444 g/mol. The molecule has 0 aromatic heterocycles. The molecule has 0 radical (unpaired) electrons. The van der Waals surface area contributed by atoms with Gasteiger partial charge in [-0.25, -0.2) is 0 Å². The molecule has 2 rings (SSSR count). The van der Waals surface area contributed by atoms with Crippen LogP contribution < -0.4 is 24.3 Å². The Kier molecular flexibility index (Phi) is 9.19. The molecule has 0 aliphatic carbocycles. The number of carbonyl (C=O) groups excluding carboxylic acids is 2. The number of ether oxygens (including phenoxy) is 4. The zero-order chi connectivity index (χ0) is 23.7. The molecular formula is C24H32N2O6. The molecule has 0 fully saturated rings. The summed E-state index contributed by atoms with van der Waals surface area (Å²) in [6, 6.07) is 11.7. The summed E-state index contributed by atoms with van der Waals surface area (Å²) < 4.78 is 21.5. The molecule has 0 spiro atoms. The Labute approximate surface area is 189 Å². The highest BCUT2D eigenvalue weighted by atomic mass is 16.5. The van der Waals surface area contributed by atoms with Gasteiger partial charge in [-0.05, 0) is 38.5 Å². The minimum Gasteiger partial charge on any atom is -0.497 e. The summed E-state index contributed by atoms with van der Waals surface area (Å²) >= 11 is 0. The van der Waals surface area contributed by atoms with E-state index in [0.29, 0.717) is 23.0 Å². The maximum atomic E-state index is 13.1. The van der Waals surface area contributed by atoms with Gasteiger partial charge in [0.2, 0.25) is 5.91 Å². The van der Waals surface area contributed by atoms with Crippen LogP contribution in [0, 0.1) is 0 Å². The van der Waals surface area contributed by atoms with Gasteiger partial charge in [0.1, 0.15) is 29.0 Å². The predicted octanol–water partition coefficient (Wildman–Crippen LogP) is 3.03. The second kappa shape index (κ2) is 11.8.